The monoisotopic (exact) mass is 284 g/mol. The summed E-state index contributed by atoms with van der Waals surface area (Å²) in [4.78, 5) is 0. The van der Waals surface area contributed by atoms with Gasteiger partial charge in [-0.15, -0.1) is 0 Å². The van der Waals surface area contributed by atoms with Crippen LogP contribution in [0.5, 0.6) is 0 Å². The highest BCUT2D eigenvalue weighted by molar-refractivity contribution is 5.67. The maximum absolute atomic E-state index is 12.4. The van der Waals surface area contributed by atoms with Crippen molar-refractivity contribution in [1.82, 2.24) is 0 Å². The molecule has 0 aromatic heterocycles. The van der Waals surface area contributed by atoms with Gasteiger partial charge in [-0.3, -0.25) is 0 Å². The standard InChI is InChI=1S/C11H13F5N2O/c12-10(13)6-19-4-3-18-9-2-1-7(5-8(9)17)11(14,15)16/h1-2,5,10,18H,3-4,6,17H2. The van der Waals surface area contributed by atoms with E-state index >= 15 is 0 Å². The lowest BCUT2D eigenvalue weighted by Gasteiger charge is -2.12. The molecule has 0 aliphatic rings. The minimum absolute atomic E-state index is 0.00476. The van der Waals surface area contributed by atoms with Gasteiger partial charge in [0, 0.05) is 6.54 Å². The molecule has 0 heterocycles. The van der Waals surface area contributed by atoms with Crippen LogP contribution in [0, 0.1) is 0 Å². The van der Waals surface area contributed by atoms with Gasteiger partial charge in [0.15, 0.2) is 0 Å². The van der Waals surface area contributed by atoms with Crippen molar-refractivity contribution in [2.24, 2.45) is 0 Å². The van der Waals surface area contributed by atoms with Crippen molar-refractivity contribution in [3.05, 3.63) is 23.8 Å². The van der Waals surface area contributed by atoms with Gasteiger partial charge in [-0.25, -0.2) is 8.78 Å². The minimum atomic E-state index is -4.45. The molecule has 0 saturated carbocycles. The normalized spacial score (nSPS) is 11.9. The third kappa shape index (κ3) is 5.29. The van der Waals surface area contributed by atoms with Gasteiger partial charge in [-0.2, -0.15) is 13.2 Å². The van der Waals surface area contributed by atoms with Crippen molar-refractivity contribution >= 4 is 11.4 Å². The van der Waals surface area contributed by atoms with E-state index in [1.165, 1.54) is 6.07 Å². The number of rotatable bonds is 6. The van der Waals surface area contributed by atoms with E-state index in [1.54, 1.807) is 0 Å². The Balaban J connectivity index is 2.47. The first kappa shape index (κ1) is 15.5. The summed E-state index contributed by atoms with van der Waals surface area (Å²) in [5.74, 6) is 0. The van der Waals surface area contributed by atoms with Crippen LogP contribution in [0.2, 0.25) is 0 Å². The van der Waals surface area contributed by atoms with E-state index in [0.717, 1.165) is 12.1 Å². The number of alkyl halides is 5. The van der Waals surface area contributed by atoms with E-state index in [-0.39, 0.29) is 18.8 Å². The molecule has 3 nitrogen and oxygen atoms in total. The fourth-order valence-electron chi connectivity index (χ4n) is 1.33. The second-order valence-electron chi connectivity index (χ2n) is 3.69. The molecule has 0 saturated heterocycles. The first-order valence-corrected chi connectivity index (χ1v) is 5.37. The first-order chi connectivity index (χ1) is 8.80. The van der Waals surface area contributed by atoms with Gasteiger partial charge >= 0.3 is 6.18 Å². The van der Waals surface area contributed by atoms with Crippen LogP contribution in [-0.2, 0) is 10.9 Å². The van der Waals surface area contributed by atoms with Gasteiger partial charge in [0.2, 0.25) is 0 Å². The zero-order valence-electron chi connectivity index (χ0n) is 9.81. The topological polar surface area (TPSA) is 47.3 Å². The van der Waals surface area contributed by atoms with Gasteiger partial charge in [0.25, 0.3) is 6.43 Å². The van der Waals surface area contributed by atoms with Crippen LogP contribution in [-0.4, -0.2) is 26.2 Å². The highest BCUT2D eigenvalue weighted by Gasteiger charge is 2.30. The Bertz CT molecular complexity index is 409. The number of hydrogen-bond donors (Lipinski definition) is 2. The van der Waals surface area contributed by atoms with Crippen LogP contribution < -0.4 is 11.1 Å². The molecule has 0 aliphatic carbocycles. The molecule has 0 radical (unpaired) electrons. The van der Waals surface area contributed by atoms with E-state index in [4.69, 9.17) is 5.73 Å². The van der Waals surface area contributed by atoms with Crippen LogP contribution in [0.4, 0.5) is 33.3 Å². The average molecular weight is 284 g/mol. The van der Waals surface area contributed by atoms with Crippen molar-refractivity contribution in [2.75, 3.05) is 30.8 Å². The molecule has 108 valence electrons. The summed E-state index contributed by atoms with van der Waals surface area (Å²) in [5.41, 5.74) is 4.85. The predicted molar refractivity (Wildman–Crippen MR) is 61.2 cm³/mol. The van der Waals surface area contributed by atoms with E-state index in [2.05, 4.69) is 10.1 Å². The summed E-state index contributed by atoms with van der Waals surface area (Å²) in [6.45, 7) is -0.503. The summed E-state index contributed by atoms with van der Waals surface area (Å²) < 4.78 is 65.2. The quantitative estimate of drug-likeness (QED) is 0.479. The second-order valence-corrected chi connectivity index (χ2v) is 3.69. The number of halogens is 5. The van der Waals surface area contributed by atoms with Crippen molar-refractivity contribution < 1.29 is 26.7 Å². The summed E-state index contributed by atoms with van der Waals surface area (Å²) in [5, 5.41) is 2.70. The van der Waals surface area contributed by atoms with E-state index in [0.29, 0.717) is 5.69 Å². The van der Waals surface area contributed by atoms with Crippen molar-refractivity contribution in [3.63, 3.8) is 0 Å². The molecule has 0 unspecified atom stereocenters. The zero-order valence-corrected chi connectivity index (χ0v) is 9.81. The molecule has 3 N–H and O–H groups in total. The number of nitrogen functional groups attached to an aromatic ring is 1. The number of benzene rings is 1. The number of nitrogens with one attached hydrogen (secondary N) is 1. The van der Waals surface area contributed by atoms with Crippen molar-refractivity contribution in [1.29, 1.82) is 0 Å². The predicted octanol–water partition coefficient (Wildman–Crippen LogP) is 2.98. The van der Waals surface area contributed by atoms with Crippen molar-refractivity contribution in [3.8, 4) is 0 Å². The van der Waals surface area contributed by atoms with E-state index < -0.39 is 24.8 Å². The van der Waals surface area contributed by atoms with Gasteiger partial charge in [0.1, 0.15) is 6.61 Å². The molecule has 1 rings (SSSR count). The van der Waals surface area contributed by atoms with Crippen molar-refractivity contribution in [2.45, 2.75) is 12.6 Å². The van der Waals surface area contributed by atoms with Gasteiger partial charge in [0.05, 0.1) is 23.5 Å². The highest BCUT2D eigenvalue weighted by Crippen LogP contribution is 2.32. The smallest absolute Gasteiger partial charge is 0.397 e. The molecule has 0 aliphatic heterocycles. The molecule has 0 spiro atoms. The molecule has 0 atom stereocenters. The van der Waals surface area contributed by atoms with Gasteiger partial charge < -0.3 is 15.8 Å². The summed E-state index contributed by atoms with van der Waals surface area (Å²) in [6, 6.07) is 2.88. The largest absolute Gasteiger partial charge is 0.416 e. The van der Waals surface area contributed by atoms with Crippen LogP contribution >= 0.6 is 0 Å². The Labute approximate surface area is 106 Å². The number of nitrogens with two attached hydrogens (primary N) is 1. The van der Waals surface area contributed by atoms with Gasteiger partial charge in [-0.1, -0.05) is 0 Å². The van der Waals surface area contributed by atoms with Crippen LogP contribution in [0.15, 0.2) is 18.2 Å². The summed E-state index contributed by atoms with van der Waals surface area (Å²) >= 11 is 0. The van der Waals surface area contributed by atoms with E-state index in [1.807, 2.05) is 0 Å². The molecule has 1 aromatic carbocycles. The first-order valence-electron chi connectivity index (χ1n) is 5.37. The molecular formula is C11H13F5N2O. The lowest BCUT2D eigenvalue weighted by Crippen LogP contribution is -2.14. The lowest BCUT2D eigenvalue weighted by atomic mass is 10.1. The van der Waals surface area contributed by atoms with E-state index in [9.17, 15) is 22.0 Å². The number of anilines is 2. The molecule has 0 amide bonds. The fraction of sp³-hybridized carbons (Fsp3) is 0.455. The molecule has 1 aromatic rings. The average Bonchev–Trinajstić information content (AvgIpc) is 2.28. The number of ether oxygens (including phenoxy) is 1. The Hall–Kier alpha value is -1.57. The minimum Gasteiger partial charge on any atom is -0.397 e. The molecular weight excluding hydrogens is 271 g/mol. The molecule has 19 heavy (non-hydrogen) atoms. The zero-order chi connectivity index (χ0) is 14.5. The Morgan fingerprint density at radius 3 is 2.47 bits per heavy atom. The third-order valence-electron chi connectivity index (χ3n) is 2.18. The third-order valence-corrected chi connectivity index (χ3v) is 2.18. The molecule has 0 bridgehead atoms. The van der Waals surface area contributed by atoms with Gasteiger partial charge in [-0.05, 0) is 18.2 Å². The second kappa shape index (κ2) is 6.55. The molecule has 8 heteroatoms. The molecule has 0 fully saturated rings. The maximum atomic E-state index is 12.4. The van der Waals surface area contributed by atoms with Crippen LogP contribution in [0.1, 0.15) is 5.56 Å². The van der Waals surface area contributed by atoms with Crippen LogP contribution in [0.25, 0.3) is 0 Å². The Morgan fingerprint density at radius 2 is 1.95 bits per heavy atom. The Kier molecular flexibility index (Phi) is 5.34. The highest BCUT2D eigenvalue weighted by atomic mass is 19.4. The number of hydrogen-bond acceptors (Lipinski definition) is 3. The summed E-state index contributed by atoms with van der Waals surface area (Å²) in [6.07, 6.45) is -7.00. The SMILES string of the molecule is Nc1cc(C(F)(F)F)ccc1NCCOCC(F)F. The summed E-state index contributed by atoms with van der Waals surface area (Å²) in [7, 11) is 0. The van der Waals surface area contributed by atoms with Crippen LogP contribution in [0.3, 0.4) is 0 Å². The lowest BCUT2D eigenvalue weighted by molar-refractivity contribution is -0.137. The fourth-order valence-corrected chi connectivity index (χ4v) is 1.33. The maximum Gasteiger partial charge on any atom is 0.416 e. The Morgan fingerprint density at radius 1 is 1.26 bits per heavy atom.